The fraction of sp³-hybridized carbons (Fsp3) is 0.885. The summed E-state index contributed by atoms with van der Waals surface area (Å²) in [6.45, 7) is 6.59. The Bertz CT molecular complexity index is 802. The zero-order valence-corrected chi connectivity index (χ0v) is 20.8. The van der Waals surface area contributed by atoms with Crippen LogP contribution in [0.3, 0.4) is 0 Å². The van der Waals surface area contributed by atoms with E-state index in [-0.39, 0.29) is 16.7 Å². The van der Waals surface area contributed by atoms with Crippen LogP contribution in [0, 0.1) is 28.1 Å². The highest BCUT2D eigenvalue weighted by Gasteiger charge is 2.57. The molecule has 0 bridgehead atoms. The predicted octanol–water partition coefficient (Wildman–Crippen LogP) is 1.63. The van der Waals surface area contributed by atoms with Gasteiger partial charge in [0.25, 0.3) is 0 Å². The molecule has 0 unspecified atom stereocenters. The van der Waals surface area contributed by atoms with E-state index in [1.807, 2.05) is 0 Å². The van der Waals surface area contributed by atoms with Crippen LogP contribution in [-0.2, 0) is 14.3 Å². The Labute approximate surface area is 202 Å². The van der Waals surface area contributed by atoms with Crippen LogP contribution in [0.4, 0.5) is 0 Å². The molecule has 0 aromatic heterocycles. The number of rotatable bonds is 6. The molecule has 4 aliphatic rings. The van der Waals surface area contributed by atoms with E-state index in [1.165, 1.54) is 5.57 Å². The molecule has 10 atom stereocenters. The second-order valence-corrected chi connectivity index (χ2v) is 12.1. The fourth-order valence-electron chi connectivity index (χ4n) is 7.61. The van der Waals surface area contributed by atoms with Gasteiger partial charge in [-0.2, -0.15) is 0 Å². The largest absolute Gasteiger partial charge is 0.394 e. The monoisotopic (exact) mass is 481 g/mol. The number of nitrogens with two attached hydrogens (primary N) is 1. The number of primary amides is 1. The second kappa shape index (κ2) is 9.45. The molecule has 8 heteroatoms. The Balaban J connectivity index is 1.39. The van der Waals surface area contributed by atoms with Crippen molar-refractivity contribution in [2.24, 2.45) is 33.8 Å². The van der Waals surface area contributed by atoms with Gasteiger partial charge in [-0.3, -0.25) is 4.79 Å². The van der Waals surface area contributed by atoms with E-state index in [9.17, 15) is 25.2 Å². The van der Waals surface area contributed by atoms with Crippen molar-refractivity contribution in [3.63, 3.8) is 0 Å². The highest BCUT2D eigenvalue weighted by atomic mass is 16.7. The number of aliphatic hydroxyl groups excluding tert-OH is 4. The van der Waals surface area contributed by atoms with E-state index in [1.54, 1.807) is 0 Å². The lowest BCUT2D eigenvalue weighted by Crippen LogP contribution is -2.59. The third-order valence-corrected chi connectivity index (χ3v) is 9.90. The van der Waals surface area contributed by atoms with Crippen LogP contribution in [0.5, 0.6) is 0 Å². The Hall–Kier alpha value is -1.03. The number of carbonyl (C=O) groups is 1. The average Bonchev–Trinajstić information content (AvgIpc) is 2.78. The highest BCUT2D eigenvalue weighted by Crippen LogP contribution is 2.63. The number of aliphatic hydroxyl groups is 4. The summed E-state index contributed by atoms with van der Waals surface area (Å²) in [4.78, 5) is 12.4. The summed E-state index contributed by atoms with van der Waals surface area (Å²) in [6.07, 6.45) is 3.98. The Morgan fingerprint density at radius 3 is 2.56 bits per heavy atom. The molecular weight excluding hydrogens is 438 g/mol. The first-order valence-corrected chi connectivity index (χ1v) is 12.9. The van der Waals surface area contributed by atoms with Gasteiger partial charge in [0.15, 0.2) is 6.29 Å². The lowest BCUT2D eigenvalue weighted by atomic mass is 9.45. The molecule has 1 heterocycles. The Kier molecular flexibility index (Phi) is 7.24. The maximum atomic E-state index is 12.4. The third-order valence-electron chi connectivity index (χ3n) is 9.90. The van der Waals surface area contributed by atoms with Gasteiger partial charge in [0.2, 0.25) is 5.91 Å². The quantitative estimate of drug-likeness (QED) is 0.363. The van der Waals surface area contributed by atoms with Gasteiger partial charge in [-0.05, 0) is 67.6 Å². The number of hydrogen-bond acceptors (Lipinski definition) is 7. The molecule has 1 saturated heterocycles. The van der Waals surface area contributed by atoms with Crippen LogP contribution >= 0.6 is 0 Å². The van der Waals surface area contributed by atoms with Crippen LogP contribution in [-0.4, -0.2) is 70.3 Å². The van der Waals surface area contributed by atoms with E-state index in [0.717, 1.165) is 51.4 Å². The molecule has 4 rings (SSSR count). The second-order valence-electron chi connectivity index (χ2n) is 12.1. The molecule has 1 aliphatic heterocycles. The van der Waals surface area contributed by atoms with Crippen LogP contribution in [0.25, 0.3) is 0 Å². The van der Waals surface area contributed by atoms with Gasteiger partial charge < -0.3 is 35.6 Å². The molecule has 0 aromatic rings. The van der Waals surface area contributed by atoms with Crippen molar-refractivity contribution in [1.29, 1.82) is 0 Å². The van der Waals surface area contributed by atoms with Crippen molar-refractivity contribution in [3.8, 4) is 0 Å². The van der Waals surface area contributed by atoms with E-state index in [4.69, 9.17) is 15.2 Å². The minimum absolute atomic E-state index is 0.0430. The van der Waals surface area contributed by atoms with E-state index in [2.05, 4.69) is 26.8 Å². The van der Waals surface area contributed by atoms with Crippen molar-refractivity contribution >= 4 is 5.91 Å². The standard InChI is InChI=1S/C26H43NO7/c1-24(11-12-33-22-21(31)20(30)19(29)17(14-28)34-22)10-7-16-15(13-24)5-6-18-25(16,2)8-4-9-26(18,3)23(27)32/h5,16-22,28-31H,4,6-14H2,1-3H3,(H2,27,32)/t16-,17+,18-,19+,20-,21-,22-,24-,25+,26+/m0/s1. The smallest absolute Gasteiger partial charge is 0.223 e. The zero-order valence-electron chi connectivity index (χ0n) is 20.8. The molecule has 1 amide bonds. The normalized spacial score (nSPS) is 49.0. The van der Waals surface area contributed by atoms with Crippen molar-refractivity contribution in [3.05, 3.63) is 11.6 Å². The lowest BCUT2D eigenvalue weighted by Gasteiger charge is -2.59. The topological polar surface area (TPSA) is 142 Å². The lowest BCUT2D eigenvalue weighted by molar-refractivity contribution is -0.302. The number of ether oxygens (including phenoxy) is 2. The van der Waals surface area contributed by atoms with Crippen LogP contribution < -0.4 is 5.73 Å². The number of allylic oxidation sites excluding steroid dienone is 2. The first kappa shape index (κ1) is 26.0. The Morgan fingerprint density at radius 1 is 1.15 bits per heavy atom. The molecule has 6 N–H and O–H groups in total. The summed E-state index contributed by atoms with van der Waals surface area (Å²) in [5, 5.41) is 39.5. The number of fused-ring (bicyclic) bond motifs is 3. The summed E-state index contributed by atoms with van der Waals surface area (Å²) in [7, 11) is 0. The minimum atomic E-state index is -1.43. The SMILES string of the molecule is C[C@@]1(CCO[C@H]2O[C@H](CO)[C@@H](O)[C@H](O)[C@@H]2O)CC[C@H]2C(=CC[C@H]3[C@]2(C)CCC[C@@]3(C)C(N)=O)C1. The fourth-order valence-corrected chi connectivity index (χ4v) is 7.61. The summed E-state index contributed by atoms with van der Waals surface area (Å²) >= 11 is 0. The molecule has 194 valence electrons. The molecule has 34 heavy (non-hydrogen) atoms. The molecule has 0 spiro atoms. The third kappa shape index (κ3) is 4.35. The van der Waals surface area contributed by atoms with Gasteiger partial charge in [-0.25, -0.2) is 0 Å². The molecule has 0 aromatic carbocycles. The molecule has 2 saturated carbocycles. The molecule has 0 radical (unpaired) electrons. The first-order chi connectivity index (χ1) is 15.9. The van der Waals surface area contributed by atoms with Crippen molar-refractivity contribution < 1.29 is 34.7 Å². The maximum Gasteiger partial charge on any atom is 0.223 e. The van der Waals surface area contributed by atoms with Gasteiger partial charge in [0.05, 0.1) is 13.2 Å². The van der Waals surface area contributed by atoms with E-state index < -0.39 is 42.7 Å². The molecule has 8 nitrogen and oxygen atoms in total. The van der Waals surface area contributed by atoms with Crippen molar-refractivity contribution in [2.75, 3.05) is 13.2 Å². The minimum Gasteiger partial charge on any atom is -0.394 e. The van der Waals surface area contributed by atoms with Gasteiger partial charge in [0.1, 0.15) is 24.4 Å². The van der Waals surface area contributed by atoms with E-state index >= 15 is 0 Å². The molecule has 3 aliphatic carbocycles. The van der Waals surface area contributed by atoms with E-state index in [0.29, 0.717) is 18.4 Å². The predicted molar refractivity (Wildman–Crippen MR) is 125 cm³/mol. The van der Waals surface area contributed by atoms with Crippen molar-refractivity contribution in [2.45, 2.75) is 103 Å². The van der Waals surface area contributed by atoms with Crippen LogP contribution in [0.1, 0.15) is 72.1 Å². The summed E-state index contributed by atoms with van der Waals surface area (Å²) in [5.74, 6) is 0.606. The number of carbonyl (C=O) groups excluding carboxylic acids is 1. The summed E-state index contributed by atoms with van der Waals surface area (Å²) in [5.41, 5.74) is 7.09. The molecule has 3 fully saturated rings. The number of hydrogen-bond donors (Lipinski definition) is 5. The van der Waals surface area contributed by atoms with Gasteiger partial charge in [-0.15, -0.1) is 0 Å². The highest BCUT2D eigenvalue weighted by molar-refractivity contribution is 5.81. The zero-order chi connectivity index (χ0) is 24.9. The maximum absolute atomic E-state index is 12.4. The average molecular weight is 482 g/mol. The number of amides is 1. The first-order valence-electron chi connectivity index (χ1n) is 12.9. The van der Waals surface area contributed by atoms with Crippen LogP contribution in [0.2, 0.25) is 0 Å². The summed E-state index contributed by atoms with van der Waals surface area (Å²) in [6, 6.07) is 0. The van der Waals surface area contributed by atoms with Gasteiger partial charge >= 0.3 is 0 Å². The van der Waals surface area contributed by atoms with Gasteiger partial charge in [-0.1, -0.05) is 38.8 Å². The van der Waals surface area contributed by atoms with Crippen molar-refractivity contribution in [1.82, 2.24) is 0 Å². The summed E-state index contributed by atoms with van der Waals surface area (Å²) < 4.78 is 11.3. The Morgan fingerprint density at radius 2 is 1.88 bits per heavy atom. The van der Waals surface area contributed by atoms with Crippen LogP contribution in [0.15, 0.2) is 11.6 Å². The molecular formula is C26H43NO7. The van der Waals surface area contributed by atoms with Gasteiger partial charge in [0, 0.05) is 5.41 Å².